The number of unbranched alkanes of at least 4 members (excludes halogenated alkanes) is 2. The summed E-state index contributed by atoms with van der Waals surface area (Å²) in [6, 6.07) is 5.51. The third-order valence-corrected chi connectivity index (χ3v) is 5.65. The predicted molar refractivity (Wildman–Crippen MR) is 148 cm³/mol. The molecule has 1 aromatic carbocycles. The summed E-state index contributed by atoms with van der Waals surface area (Å²) in [5.74, 6) is 0.222. The fourth-order valence-electron chi connectivity index (χ4n) is 3.86. The Morgan fingerprint density at radius 3 is 2.33 bits per heavy atom. The van der Waals surface area contributed by atoms with E-state index in [-0.39, 0.29) is 37.5 Å². The molecule has 2 rings (SSSR count). The number of amides is 1. The van der Waals surface area contributed by atoms with Crippen LogP contribution in [0.3, 0.4) is 0 Å². The van der Waals surface area contributed by atoms with Crippen LogP contribution < -0.4 is 11.2 Å². The minimum Gasteiger partial charge on any atom is -0.542 e. The molecule has 6 nitrogen and oxygen atoms in total. The van der Waals surface area contributed by atoms with Crippen molar-refractivity contribution >= 4 is 29.2 Å². The van der Waals surface area contributed by atoms with Crippen LogP contribution in [0.5, 0.6) is 0 Å². The minimum atomic E-state index is -0.392. The molecule has 0 bridgehead atoms. The Morgan fingerprint density at radius 2 is 1.86 bits per heavy atom. The predicted octanol–water partition coefficient (Wildman–Crippen LogP) is 7.21. The third-order valence-electron chi connectivity index (χ3n) is 5.65. The van der Waals surface area contributed by atoms with Gasteiger partial charge in [-0.2, -0.15) is 20.3 Å². The maximum absolute atomic E-state index is 11.1. The van der Waals surface area contributed by atoms with Crippen molar-refractivity contribution in [2.75, 3.05) is 5.48 Å². The summed E-state index contributed by atoms with van der Waals surface area (Å²) < 4.78 is 0. The zero-order valence-electron chi connectivity index (χ0n) is 23.0. The summed E-state index contributed by atoms with van der Waals surface area (Å²) >= 11 is 0. The number of hydrogen-bond acceptors (Lipinski definition) is 5. The van der Waals surface area contributed by atoms with Crippen LogP contribution in [0.1, 0.15) is 110 Å². The molecule has 36 heavy (non-hydrogen) atoms. The van der Waals surface area contributed by atoms with E-state index in [0.29, 0.717) is 18.0 Å². The van der Waals surface area contributed by atoms with Gasteiger partial charge in [-0.05, 0) is 55.7 Å². The number of nitrogens with zero attached hydrogens (tertiary/aromatic N) is 1. The van der Waals surface area contributed by atoms with Crippen LogP contribution in [0, 0.1) is 43.5 Å². The van der Waals surface area contributed by atoms with Gasteiger partial charge < -0.3 is 16.9 Å². The van der Waals surface area contributed by atoms with E-state index in [1.54, 1.807) is 12.4 Å². The first-order valence-electron chi connectivity index (χ1n) is 13.0. The van der Waals surface area contributed by atoms with Gasteiger partial charge in [-0.15, -0.1) is 0 Å². The molecule has 0 aromatic heterocycles. The van der Waals surface area contributed by atoms with Crippen molar-refractivity contribution < 1.29 is 45.9 Å². The first-order valence-corrected chi connectivity index (χ1v) is 13.0. The molecule has 0 heterocycles. The van der Waals surface area contributed by atoms with Crippen molar-refractivity contribution in [2.45, 2.75) is 105 Å². The standard InChI is InChI=1S/C22H33N3O2.C4H7O.C3H7.U/c1-3-4-10-20(18-8-6-5-7-9-18)24-15-16(2)19-12-11-17(14-22(23)26)13-21(19)25-27;1-2-3-4-5;1-3-2;/h11-13,15,18,25,27H,3-10,14H2,1-2H3,(H2,23,26);2-3H2,1H3;3H,1-2H3;/q;2*-1;+2/b16-15+,24-20?;;;. The summed E-state index contributed by atoms with van der Waals surface area (Å²) in [6.45, 7) is 10.2. The molecule has 0 saturated heterocycles. The second-order valence-electron chi connectivity index (χ2n) is 8.98. The molecule has 1 aliphatic rings. The first kappa shape index (κ1) is 36.7. The number of nitrogens with one attached hydrogen (secondary N) is 1. The number of aliphatic imine (C=N–C) groups is 1. The molecule has 1 saturated carbocycles. The van der Waals surface area contributed by atoms with Gasteiger partial charge in [0.15, 0.2) is 0 Å². The quantitative estimate of drug-likeness (QED) is 0.128. The molecule has 7 heteroatoms. The average molecular weight is 724 g/mol. The molecule has 1 amide bonds. The fraction of sp³-hybridized carbons (Fsp3) is 0.586. The van der Waals surface area contributed by atoms with Gasteiger partial charge in [0.25, 0.3) is 0 Å². The zero-order valence-corrected chi connectivity index (χ0v) is 27.2. The zero-order chi connectivity index (χ0) is 26.5. The normalized spacial score (nSPS) is 13.8. The molecule has 0 radical (unpaired) electrons. The maximum Gasteiger partial charge on any atom is 2.00 e. The molecule has 1 aliphatic carbocycles. The number of allylic oxidation sites excluding steroid dienone is 1. The van der Waals surface area contributed by atoms with E-state index in [0.717, 1.165) is 29.5 Å². The number of anilines is 1. The Hall–Kier alpha value is -1.42. The Bertz CT molecular complexity index is 788. The van der Waals surface area contributed by atoms with Crippen molar-refractivity contribution in [3.63, 3.8) is 0 Å². The number of primary amides is 1. The molecular weight excluding hydrogens is 676 g/mol. The third kappa shape index (κ3) is 16.4. The summed E-state index contributed by atoms with van der Waals surface area (Å²) in [5.41, 5.74) is 12.0. The largest absolute Gasteiger partial charge is 2.00 e. The molecule has 0 unspecified atom stereocenters. The van der Waals surface area contributed by atoms with Gasteiger partial charge in [0.05, 0.1) is 12.1 Å². The van der Waals surface area contributed by atoms with E-state index in [9.17, 15) is 14.8 Å². The fourth-order valence-corrected chi connectivity index (χ4v) is 3.86. The van der Waals surface area contributed by atoms with Crippen molar-refractivity contribution in [3.8, 4) is 0 Å². The molecule has 0 atom stereocenters. The number of rotatable bonds is 11. The topological polar surface area (TPSA) is 105 Å². The van der Waals surface area contributed by atoms with Crippen LogP contribution in [0.4, 0.5) is 5.69 Å². The van der Waals surface area contributed by atoms with Gasteiger partial charge >= 0.3 is 31.1 Å². The van der Waals surface area contributed by atoms with Crippen LogP contribution in [0.15, 0.2) is 29.4 Å². The van der Waals surface area contributed by atoms with E-state index in [4.69, 9.17) is 10.7 Å². The van der Waals surface area contributed by atoms with E-state index < -0.39 is 5.91 Å². The summed E-state index contributed by atoms with van der Waals surface area (Å²) in [6.07, 6.45) is 17.2. The van der Waals surface area contributed by atoms with Crippen molar-refractivity contribution in [3.05, 3.63) is 41.9 Å². The molecule has 1 aromatic rings. The van der Waals surface area contributed by atoms with Gasteiger partial charge in [0, 0.05) is 17.5 Å². The molecule has 0 aliphatic heterocycles. The first-order chi connectivity index (χ1) is 16.9. The number of nitrogens with two attached hydrogens (primary N) is 1. The van der Waals surface area contributed by atoms with Gasteiger partial charge in [-0.3, -0.25) is 26.8 Å². The second kappa shape index (κ2) is 23.9. The summed E-state index contributed by atoms with van der Waals surface area (Å²) in [4.78, 5) is 25.3. The van der Waals surface area contributed by atoms with Gasteiger partial charge in [0.1, 0.15) is 0 Å². The monoisotopic (exact) mass is 723 g/mol. The SMILES string of the molecule is CCCCC(=N/C=C(\C)c1ccc(CC(N)=O)cc1NO)C1CCCCC1.CCC[C-]=O.C[CH-]C.[U+2]. The van der Waals surface area contributed by atoms with E-state index in [2.05, 4.69) is 12.4 Å². The van der Waals surface area contributed by atoms with Crippen LogP contribution in [-0.2, 0) is 16.0 Å². The summed E-state index contributed by atoms with van der Waals surface area (Å²) in [7, 11) is 0. The Morgan fingerprint density at radius 1 is 1.22 bits per heavy atom. The number of hydrogen-bond donors (Lipinski definition) is 3. The molecule has 4 N–H and O–H groups in total. The van der Waals surface area contributed by atoms with Crippen molar-refractivity contribution in [1.82, 2.24) is 0 Å². The van der Waals surface area contributed by atoms with Gasteiger partial charge in [0.2, 0.25) is 5.91 Å². The number of carbonyl (C=O) groups is 1. The molecule has 1 fully saturated rings. The van der Waals surface area contributed by atoms with Crippen molar-refractivity contribution in [1.29, 1.82) is 0 Å². The molecular formula is C29H47N3O3U. The van der Waals surface area contributed by atoms with Gasteiger partial charge in [-0.1, -0.05) is 58.1 Å². The van der Waals surface area contributed by atoms with E-state index >= 15 is 0 Å². The Labute approximate surface area is 243 Å². The Kier molecular flexibility index (Phi) is 24.4. The second-order valence-corrected chi connectivity index (χ2v) is 8.98. The van der Waals surface area contributed by atoms with Crippen LogP contribution in [0.25, 0.3) is 5.57 Å². The van der Waals surface area contributed by atoms with Crippen LogP contribution in [0.2, 0.25) is 0 Å². The maximum atomic E-state index is 11.1. The number of benzene rings is 1. The molecule has 200 valence electrons. The van der Waals surface area contributed by atoms with E-state index in [1.807, 2.05) is 52.4 Å². The molecule has 0 spiro atoms. The average Bonchev–Trinajstić information content (AvgIpc) is 2.85. The van der Waals surface area contributed by atoms with Crippen LogP contribution in [-0.4, -0.2) is 23.1 Å². The van der Waals surface area contributed by atoms with Gasteiger partial charge in [-0.25, -0.2) is 0 Å². The number of carbonyl (C=O) groups excluding carboxylic acids is 2. The summed E-state index contributed by atoms with van der Waals surface area (Å²) in [5, 5.41) is 9.49. The van der Waals surface area contributed by atoms with Crippen LogP contribution >= 0.6 is 0 Å². The van der Waals surface area contributed by atoms with Crippen molar-refractivity contribution in [2.24, 2.45) is 16.6 Å². The smallest absolute Gasteiger partial charge is 0.542 e. The Balaban J connectivity index is 0. The minimum absolute atomic E-state index is 0. The van der Waals surface area contributed by atoms with E-state index in [1.165, 1.54) is 50.7 Å².